The van der Waals surface area contributed by atoms with E-state index in [4.69, 9.17) is 20.4 Å². The van der Waals surface area contributed by atoms with Crippen LogP contribution in [0.25, 0.3) is 0 Å². The van der Waals surface area contributed by atoms with E-state index in [0.29, 0.717) is 0 Å². The first-order valence-electron chi connectivity index (χ1n) is 3.23. The van der Waals surface area contributed by atoms with E-state index in [9.17, 15) is 4.79 Å². The van der Waals surface area contributed by atoms with Gasteiger partial charge in [0, 0.05) is 6.42 Å². The summed E-state index contributed by atoms with van der Waals surface area (Å²) >= 11 is 0. The number of rotatable bonds is 1. The summed E-state index contributed by atoms with van der Waals surface area (Å²) in [5, 5.41) is 35.2. The van der Waals surface area contributed by atoms with E-state index in [2.05, 4.69) is 0 Å². The van der Waals surface area contributed by atoms with Crippen LogP contribution >= 0.6 is 0 Å². The highest BCUT2D eigenvalue weighted by molar-refractivity contribution is 5.90. The third-order valence-electron chi connectivity index (χ3n) is 1.56. The Morgan fingerprint density at radius 1 is 1.50 bits per heavy atom. The quantitative estimate of drug-likeness (QED) is 0.400. The molecule has 66 valence electrons. The molecule has 0 bridgehead atoms. The van der Waals surface area contributed by atoms with Crippen molar-refractivity contribution < 1.29 is 25.2 Å². The summed E-state index contributed by atoms with van der Waals surface area (Å²) < 4.78 is 0. The second-order valence-corrected chi connectivity index (χ2v) is 2.51. The summed E-state index contributed by atoms with van der Waals surface area (Å²) in [6.45, 7) is 0. The van der Waals surface area contributed by atoms with Crippen molar-refractivity contribution in [1.29, 1.82) is 0 Å². The van der Waals surface area contributed by atoms with E-state index in [1.807, 2.05) is 0 Å². The Hall–Kier alpha value is -1.33. The average molecular weight is 172 g/mol. The molecular weight excluding hydrogens is 164 g/mol. The molecule has 0 aromatic rings. The molecule has 5 heteroatoms. The van der Waals surface area contributed by atoms with Crippen LogP contribution in [0.2, 0.25) is 0 Å². The minimum Gasteiger partial charge on any atom is -0.507 e. The van der Waals surface area contributed by atoms with Crippen molar-refractivity contribution in [3.05, 3.63) is 23.5 Å². The molecule has 12 heavy (non-hydrogen) atoms. The van der Waals surface area contributed by atoms with Gasteiger partial charge in [-0.15, -0.1) is 0 Å². The standard InChI is InChI=1S/C7H8O5/c8-5-3-4(6(9)10)1-2-7(5,11)12/h1,3,8,11-12H,2H2,(H,9,10). The van der Waals surface area contributed by atoms with Gasteiger partial charge >= 0.3 is 5.97 Å². The molecule has 1 rings (SSSR count). The van der Waals surface area contributed by atoms with Crippen LogP contribution in [0.5, 0.6) is 0 Å². The fraction of sp³-hybridized carbons (Fsp3) is 0.286. The van der Waals surface area contributed by atoms with Gasteiger partial charge in [0.1, 0.15) is 0 Å². The van der Waals surface area contributed by atoms with Crippen LogP contribution in [0.15, 0.2) is 23.5 Å². The lowest BCUT2D eigenvalue weighted by atomic mass is 10.0. The Labute approximate surface area is 67.9 Å². The van der Waals surface area contributed by atoms with Crippen molar-refractivity contribution >= 4 is 5.97 Å². The van der Waals surface area contributed by atoms with Gasteiger partial charge in [-0.2, -0.15) is 0 Å². The number of carboxylic acid groups (broad SMARTS) is 1. The van der Waals surface area contributed by atoms with Gasteiger partial charge in [-0.3, -0.25) is 0 Å². The predicted molar refractivity (Wildman–Crippen MR) is 38.2 cm³/mol. The highest BCUT2D eigenvalue weighted by atomic mass is 16.5. The predicted octanol–water partition coefficient (Wildman–Crippen LogP) is -0.476. The molecule has 0 radical (unpaired) electrons. The van der Waals surface area contributed by atoms with Gasteiger partial charge in [-0.1, -0.05) is 6.08 Å². The number of hydrogen-bond donors (Lipinski definition) is 4. The van der Waals surface area contributed by atoms with Crippen LogP contribution in [0, 0.1) is 0 Å². The van der Waals surface area contributed by atoms with Crippen molar-refractivity contribution in [1.82, 2.24) is 0 Å². The Morgan fingerprint density at radius 3 is 2.50 bits per heavy atom. The number of carboxylic acids is 1. The van der Waals surface area contributed by atoms with Gasteiger partial charge < -0.3 is 20.4 Å². The van der Waals surface area contributed by atoms with E-state index in [0.717, 1.165) is 12.2 Å². The van der Waals surface area contributed by atoms with Crippen LogP contribution < -0.4 is 0 Å². The molecule has 0 heterocycles. The minimum absolute atomic E-state index is 0.147. The molecule has 0 atom stereocenters. The second kappa shape index (κ2) is 2.62. The molecule has 0 aromatic carbocycles. The highest BCUT2D eigenvalue weighted by Gasteiger charge is 2.31. The SMILES string of the molecule is O=C(O)C1=CCC(O)(O)C(O)=C1. The second-order valence-electron chi connectivity index (χ2n) is 2.51. The molecule has 5 nitrogen and oxygen atoms in total. The molecule has 4 N–H and O–H groups in total. The lowest BCUT2D eigenvalue weighted by Gasteiger charge is -2.22. The van der Waals surface area contributed by atoms with Crippen molar-refractivity contribution in [2.24, 2.45) is 0 Å². The van der Waals surface area contributed by atoms with Gasteiger partial charge in [0.15, 0.2) is 5.76 Å². The molecule has 0 aliphatic heterocycles. The number of aliphatic hydroxyl groups excluding tert-OH is 1. The first kappa shape index (κ1) is 8.76. The molecule has 0 fully saturated rings. The molecule has 0 spiro atoms. The first-order valence-corrected chi connectivity index (χ1v) is 3.23. The summed E-state index contributed by atoms with van der Waals surface area (Å²) in [7, 11) is 0. The minimum atomic E-state index is -2.32. The van der Waals surface area contributed by atoms with E-state index >= 15 is 0 Å². The Kier molecular flexibility index (Phi) is 1.91. The fourth-order valence-electron chi connectivity index (χ4n) is 0.828. The van der Waals surface area contributed by atoms with Gasteiger partial charge in [-0.05, 0) is 6.08 Å². The normalized spacial score (nSPS) is 21.2. The topological polar surface area (TPSA) is 98.0 Å². The number of aliphatic carboxylic acids is 1. The van der Waals surface area contributed by atoms with E-state index < -0.39 is 17.5 Å². The molecule has 1 aliphatic rings. The van der Waals surface area contributed by atoms with E-state index in [-0.39, 0.29) is 12.0 Å². The van der Waals surface area contributed by atoms with Crippen LogP contribution in [0.3, 0.4) is 0 Å². The molecule has 0 amide bonds. The summed E-state index contributed by atoms with van der Waals surface area (Å²) in [5.41, 5.74) is -0.147. The lowest BCUT2D eigenvalue weighted by molar-refractivity contribution is -0.150. The Bertz CT molecular complexity index is 274. The monoisotopic (exact) mass is 172 g/mol. The summed E-state index contributed by atoms with van der Waals surface area (Å²) in [4.78, 5) is 10.3. The number of carbonyl (C=O) groups is 1. The fourth-order valence-corrected chi connectivity index (χ4v) is 0.828. The molecule has 1 aliphatic carbocycles. The Morgan fingerprint density at radius 2 is 2.08 bits per heavy atom. The maximum absolute atomic E-state index is 10.3. The molecule has 0 saturated heterocycles. The van der Waals surface area contributed by atoms with E-state index in [1.165, 1.54) is 0 Å². The number of aliphatic hydroxyl groups is 3. The van der Waals surface area contributed by atoms with Gasteiger partial charge in [-0.25, -0.2) is 4.79 Å². The zero-order valence-electron chi connectivity index (χ0n) is 6.06. The first-order chi connectivity index (χ1) is 5.43. The number of hydrogen-bond acceptors (Lipinski definition) is 4. The molecule has 0 aromatic heterocycles. The van der Waals surface area contributed by atoms with Gasteiger partial charge in [0.25, 0.3) is 0 Å². The van der Waals surface area contributed by atoms with Crippen LogP contribution in [-0.4, -0.2) is 32.2 Å². The maximum Gasteiger partial charge on any atom is 0.335 e. The van der Waals surface area contributed by atoms with Crippen molar-refractivity contribution in [3.8, 4) is 0 Å². The summed E-state index contributed by atoms with van der Waals surface area (Å²) in [6, 6.07) is 0. The van der Waals surface area contributed by atoms with Crippen molar-refractivity contribution in [3.63, 3.8) is 0 Å². The van der Waals surface area contributed by atoms with Crippen molar-refractivity contribution in [2.75, 3.05) is 0 Å². The largest absolute Gasteiger partial charge is 0.507 e. The summed E-state index contributed by atoms with van der Waals surface area (Å²) in [5.74, 6) is -4.28. The van der Waals surface area contributed by atoms with Crippen LogP contribution in [0.4, 0.5) is 0 Å². The van der Waals surface area contributed by atoms with Gasteiger partial charge in [0.2, 0.25) is 5.79 Å². The van der Waals surface area contributed by atoms with Gasteiger partial charge in [0.05, 0.1) is 5.57 Å². The highest BCUT2D eigenvalue weighted by Crippen LogP contribution is 2.23. The zero-order valence-corrected chi connectivity index (χ0v) is 6.06. The summed E-state index contributed by atoms with van der Waals surface area (Å²) in [6.07, 6.45) is 1.62. The lowest BCUT2D eigenvalue weighted by Crippen LogP contribution is -2.32. The average Bonchev–Trinajstić information content (AvgIpc) is 1.94. The Balaban J connectivity index is 2.93. The molecule has 0 saturated carbocycles. The molecule has 0 unspecified atom stereocenters. The van der Waals surface area contributed by atoms with Crippen molar-refractivity contribution in [2.45, 2.75) is 12.2 Å². The molecular formula is C7H8O5. The van der Waals surface area contributed by atoms with Crippen LogP contribution in [-0.2, 0) is 4.79 Å². The maximum atomic E-state index is 10.3. The van der Waals surface area contributed by atoms with Crippen LogP contribution in [0.1, 0.15) is 6.42 Å². The zero-order chi connectivity index (χ0) is 9.35. The third kappa shape index (κ3) is 1.46. The third-order valence-corrected chi connectivity index (χ3v) is 1.56. The van der Waals surface area contributed by atoms with E-state index in [1.54, 1.807) is 0 Å². The smallest absolute Gasteiger partial charge is 0.335 e.